The number of nitrogens with zero attached hydrogens (tertiary/aromatic N) is 2. The van der Waals surface area contributed by atoms with Crippen LogP contribution < -0.4 is 16.4 Å². The van der Waals surface area contributed by atoms with Crippen molar-refractivity contribution in [1.29, 1.82) is 0 Å². The van der Waals surface area contributed by atoms with E-state index in [9.17, 15) is 4.79 Å². The number of carbonyl (C=O) groups excluding carboxylic acids is 1. The zero-order valence-corrected chi connectivity index (χ0v) is 12.0. The van der Waals surface area contributed by atoms with Gasteiger partial charge in [-0.05, 0) is 12.3 Å². The predicted octanol–water partition coefficient (Wildman–Crippen LogP) is 1.51. The number of hydrogen-bond donors (Lipinski definition) is 3. The number of likely N-dealkylation sites (N-methyl/N-ethyl adjacent to an activating group) is 1. The van der Waals surface area contributed by atoms with Crippen molar-refractivity contribution in [1.82, 2.24) is 15.3 Å². The Morgan fingerprint density at radius 3 is 2.63 bits per heavy atom. The smallest absolute Gasteiger partial charge is 0.242 e. The minimum absolute atomic E-state index is 0.0508. The number of amides is 1. The Morgan fingerprint density at radius 1 is 1.42 bits per heavy atom. The topological polar surface area (TPSA) is 92.9 Å². The monoisotopic (exact) mass is 265 g/mol. The second-order valence-corrected chi connectivity index (χ2v) is 4.79. The summed E-state index contributed by atoms with van der Waals surface area (Å²) in [6, 6.07) is 1.54. The van der Waals surface area contributed by atoms with Gasteiger partial charge in [-0.2, -0.15) is 4.98 Å². The molecule has 0 bridgehead atoms. The molecule has 1 aromatic heterocycles. The van der Waals surface area contributed by atoms with Gasteiger partial charge in [0.1, 0.15) is 11.9 Å². The van der Waals surface area contributed by atoms with Crippen molar-refractivity contribution in [3.05, 3.63) is 11.8 Å². The molecule has 0 saturated heterocycles. The van der Waals surface area contributed by atoms with Crippen LogP contribution >= 0.6 is 0 Å². The Hall–Kier alpha value is -1.85. The van der Waals surface area contributed by atoms with Gasteiger partial charge in [-0.15, -0.1) is 0 Å². The van der Waals surface area contributed by atoms with E-state index in [1.165, 1.54) is 0 Å². The van der Waals surface area contributed by atoms with Gasteiger partial charge in [0.05, 0.1) is 5.69 Å². The van der Waals surface area contributed by atoms with Gasteiger partial charge < -0.3 is 16.4 Å². The molecule has 0 aliphatic heterocycles. The van der Waals surface area contributed by atoms with Crippen LogP contribution in [-0.4, -0.2) is 29.0 Å². The maximum atomic E-state index is 11.8. The first kappa shape index (κ1) is 15.2. The van der Waals surface area contributed by atoms with E-state index in [-0.39, 0.29) is 23.8 Å². The largest absolute Gasteiger partial charge is 0.368 e. The summed E-state index contributed by atoms with van der Waals surface area (Å²) in [7, 11) is 1.63. The van der Waals surface area contributed by atoms with E-state index >= 15 is 0 Å². The Kier molecular flexibility index (Phi) is 5.54. The lowest BCUT2D eigenvalue weighted by Gasteiger charge is -2.18. The second-order valence-electron chi connectivity index (χ2n) is 4.79. The van der Waals surface area contributed by atoms with E-state index in [2.05, 4.69) is 20.6 Å². The summed E-state index contributed by atoms with van der Waals surface area (Å²) in [6.45, 7) is 6.10. The minimum Gasteiger partial charge on any atom is -0.368 e. The zero-order chi connectivity index (χ0) is 14.4. The zero-order valence-electron chi connectivity index (χ0n) is 12.0. The van der Waals surface area contributed by atoms with E-state index in [1.54, 1.807) is 7.05 Å². The van der Waals surface area contributed by atoms with Crippen LogP contribution in [0.2, 0.25) is 0 Å². The molecule has 0 spiro atoms. The third-order valence-corrected chi connectivity index (χ3v) is 2.82. The van der Waals surface area contributed by atoms with Crippen molar-refractivity contribution in [3.63, 3.8) is 0 Å². The summed E-state index contributed by atoms with van der Waals surface area (Å²) in [5.74, 6) is 1.03. The van der Waals surface area contributed by atoms with Crippen LogP contribution in [-0.2, 0) is 4.79 Å². The molecule has 0 aliphatic rings. The van der Waals surface area contributed by atoms with Crippen molar-refractivity contribution in [2.75, 3.05) is 18.1 Å². The van der Waals surface area contributed by atoms with Crippen molar-refractivity contribution < 1.29 is 4.79 Å². The number of nitrogens with one attached hydrogen (secondary N) is 2. The van der Waals surface area contributed by atoms with Gasteiger partial charge in [0.15, 0.2) is 0 Å². The van der Waals surface area contributed by atoms with Gasteiger partial charge in [-0.1, -0.05) is 27.2 Å². The van der Waals surface area contributed by atoms with E-state index in [4.69, 9.17) is 5.73 Å². The van der Waals surface area contributed by atoms with Crippen LogP contribution in [0.15, 0.2) is 6.07 Å². The first-order valence-corrected chi connectivity index (χ1v) is 6.60. The molecule has 1 amide bonds. The Morgan fingerprint density at radius 2 is 2.11 bits per heavy atom. The van der Waals surface area contributed by atoms with Crippen LogP contribution in [0.4, 0.5) is 11.8 Å². The summed E-state index contributed by atoms with van der Waals surface area (Å²) in [6.07, 6.45) is 1.64. The molecule has 0 fully saturated rings. The normalized spacial score (nSPS) is 12.3. The summed E-state index contributed by atoms with van der Waals surface area (Å²) >= 11 is 0. The molecule has 0 saturated carbocycles. The van der Waals surface area contributed by atoms with Crippen LogP contribution in [0.1, 0.15) is 45.2 Å². The van der Waals surface area contributed by atoms with Gasteiger partial charge in [-0.3, -0.25) is 4.79 Å². The fraction of sp³-hybridized carbons (Fsp3) is 0.615. The highest BCUT2D eigenvalue weighted by Gasteiger charge is 2.17. The van der Waals surface area contributed by atoms with Crippen molar-refractivity contribution >= 4 is 17.7 Å². The first-order valence-electron chi connectivity index (χ1n) is 6.60. The van der Waals surface area contributed by atoms with Crippen LogP contribution in [0.25, 0.3) is 0 Å². The lowest BCUT2D eigenvalue weighted by Crippen LogP contribution is -2.38. The molecule has 6 heteroatoms. The third kappa shape index (κ3) is 4.39. The van der Waals surface area contributed by atoms with E-state index in [0.29, 0.717) is 5.82 Å². The lowest BCUT2D eigenvalue weighted by molar-refractivity contribution is -0.121. The molecule has 1 heterocycles. The maximum Gasteiger partial charge on any atom is 0.242 e. The van der Waals surface area contributed by atoms with Gasteiger partial charge >= 0.3 is 0 Å². The van der Waals surface area contributed by atoms with E-state index < -0.39 is 0 Å². The molecule has 19 heavy (non-hydrogen) atoms. The van der Waals surface area contributed by atoms with Gasteiger partial charge in [0.25, 0.3) is 0 Å². The molecular formula is C13H23N5O. The van der Waals surface area contributed by atoms with Crippen molar-refractivity contribution in [2.24, 2.45) is 0 Å². The molecular weight excluding hydrogens is 242 g/mol. The highest BCUT2D eigenvalue weighted by molar-refractivity contribution is 5.84. The number of aromatic nitrogens is 2. The fourth-order valence-electron chi connectivity index (χ4n) is 1.77. The van der Waals surface area contributed by atoms with Crippen LogP contribution in [0.5, 0.6) is 0 Å². The third-order valence-electron chi connectivity index (χ3n) is 2.82. The molecule has 0 aliphatic carbocycles. The number of rotatable bonds is 6. The van der Waals surface area contributed by atoms with Crippen molar-refractivity contribution in [2.45, 2.75) is 45.6 Å². The molecule has 1 aromatic rings. The van der Waals surface area contributed by atoms with E-state index in [0.717, 1.165) is 18.5 Å². The summed E-state index contributed by atoms with van der Waals surface area (Å²) < 4.78 is 0. The highest BCUT2D eigenvalue weighted by atomic mass is 16.2. The first-order chi connectivity index (χ1) is 8.97. The summed E-state index contributed by atoms with van der Waals surface area (Å²) in [4.78, 5) is 20.1. The number of hydrogen-bond acceptors (Lipinski definition) is 5. The minimum atomic E-state index is -0.302. The number of anilines is 2. The number of nitrogen functional groups attached to an aromatic ring is 1. The van der Waals surface area contributed by atoms with Crippen LogP contribution in [0, 0.1) is 0 Å². The van der Waals surface area contributed by atoms with Crippen LogP contribution in [0.3, 0.4) is 0 Å². The predicted molar refractivity (Wildman–Crippen MR) is 76.9 cm³/mol. The van der Waals surface area contributed by atoms with Crippen molar-refractivity contribution in [3.8, 4) is 0 Å². The molecule has 0 radical (unpaired) electrons. The van der Waals surface area contributed by atoms with E-state index in [1.807, 2.05) is 26.8 Å². The Balaban J connectivity index is 2.92. The number of nitrogens with two attached hydrogens (primary N) is 1. The molecule has 4 N–H and O–H groups in total. The second kappa shape index (κ2) is 6.92. The average Bonchev–Trinajstić information content (AvgIpc) is 2.36. The number of carbonyl (C=O) groups is 1. The molecule has 1 atom stereocenters. The SMILES string of the molecule is CCC[C@@H](Nc1cc(C(C)C)nc(N)n1)C(=O)NC. The highest BCUT2D eigenvalue weighted by Crippen LogP contribution is 2.17. The van der Waals surface area contributed by atoms with Gasteiger partial charge in [0.2, 0.25) is 11.9 Å². The Labute approximate surface area is 114 Å². The molecule has 0 unspecified atom stereocenters. The Bertz CT molecular complexity index is 433. The summed E-state index contributed by atoms with van der Waals surface area (Å²) in [5, 5.41) is 5.77. The summed E-state index contributed by atoms with van der Waals surface area (Å²) in [5.41, 5.74) is 6.56. The molecule has 1 rings (SSSR count). The lowest BCUT2D eigenvalue weighted by atomic mass is 10.1. The average molecular weight is 265 g/mol. The van der Waals surface area contributed by atoms with Gasteiger partial charge in [0, 0.05) is 13.1 Å². The maximum absolute atomic E-state index is 11.8. The molecule has 106 valence electrons. The molecule has 0 aromatic carbocycles. The molecule has 6 nitrogen and oxygen atoms in total. The standard InChI is InChI=1S/C13H23N5O/c1-5-6-9(12(19)15-4)16-11-7-10(8(2)3)17-13(14)18-11/h7-9H,5-6H2,1-4H3,(H,15,19)(H3,14,16,17,18)/t9-/m1/s1. The van der Waals surface area contributed by atoms with Gasteiger partial charge in [-0.25, -0.2) is 4.98 Å². The fourth-order valence-corrected chi connectivity index (χ4v) is 1.77. The quantitative estimate of drug-likeness (QED) is 0.725.